The summed E-state index contributed by atoms with van der Waals surface area (Å²) in [6, 6.07) is 1.91. The van der Waals surface area contributed by atoms with Gasteiger partial charge in [0.25, 0.3) is 0 Å². The van der Waals surface area contributed by atoms with Gasteiger partial charge in [0, 0.05) is 24.3 Å². The Morgan fingerprint density at radius 2 is 2.06 bits per heavy atom. The summed E-state index contributed by atoms with van der Waals surface area (Å²) in [6.45, 7) is 0.641. The Kier molecular flexibility index (Phi) is 4.14. The molecule has 0 aliphatic carbocycles. The van der Waals surface area contributed by atoms with Crippen LogP contribution in [0.25, 0.3) is 0 Å². The van der Waals surface area contributed by atoms with Gasteiger partial charge in [0.05, 0.1) is 19.3 Å². The van der Waals surface area contributed by atoms with Gasteiger partial charge in [-0.25, -0.2) is 8.78 Å². The van der Waals surface area contributed by atoms with Crippen LogP contribution in [0.2, 0.25) is 0 Å². The zero-order chi connectivity index (χ0) is 13.1. The number of hydrogen-bond donors (Lipinski definition) is 1. The van der Waals surface area contributed by atoms with Gasteiger partial charge in [-0.1, -0.05) is 0 Å². The third-order valence-electron chi connectivity index (χ3n) is 3.25. The van der Waals surface area contributed by atoms with Gasteiger partial charge < -0.3 is 14.8 Å². The first kappa shape index (κ1) is 13.2. The van der Waals surface area contributed by atoms with Crippen LogP contribution in [0.3, 0.4) is 0 Å². The van der Waals surface area contributed by atoms with Crippen LogP contribution in [-0.4, -0.2) is 26.9 Å². The number of halogens is 2. The van der Waals surface area contributed by atoms with Crippen molar-refractivity contribution in [1.29, 1.82) is 0 Å². The Hall–Kier alpha value is -1.20. The van der Waals surface area contributed by atoms with E-state index in [9.17, 15) is 8.78 Å². The second kappa shape index (κ2) is 5.63. The third kappa shape index (κ3) is 2.47. The van der Waals surface area contributed by atoms with Crippen LogP contribution in [-0.2, 0) is 4.74 Å². The molecule has 0 bridgehead atoms. The SMILES string of the molecule is CNC(c1c(F)cc(OC)cc1F)C1CCCO1. The largest absolute Gasteiger partial charge is 0.497 e. The summed E-state index contributed by atoms with van der Waals surface area (Å²) >= 11 is 0. The highest BCUT2D eigenvalue weighted by Crippen LogP contribution is 2.32. The average molecular weight is 257 g/mol. The van der Waals surface area contributed by atoms with Crippen LogP contribution in [0.1, 0.15) is 24.4 Å². The van der Waals surface area contributed by atoms with E-state index in [1.54, 1.807) is 7.05 Å². The molecule has 100 valence electrons. The van der Waals surface area contributed by atoms with Gasteiger partial charge in [-0.3, -0.25) is 0 Å². The molecule has 2 unspecified atom stereocenters. The van der Waals surface area contributed by atoms with Crippen LogP contribution in [0, 0.1) is 11.6 Å². The van der Waals surface area contributed by atoms with Gasteiger partial charge in [0.2, 0.25) is 0 Å². The number of methoxy groups -OCH3 is 1. The van der Waals surface area contributed by atoms with Crippen molar-refractivity contribution >= 4 is 0 Å². The number of ether oxygens (including phenoxy) is 2. The standard InChI is InChI=1S/C13H17F2NO2/c1-16-13(11-4-3-5-18-11)12-9(14)6-8(17-2)7-10(12)15/h6-7,11,13,16H,3-5H2,1-2H3. The molecule has 0 spiro atoms. The minimum atomic E-state index is -0.610. The summed E-state index contributed by atoms with van der Waals surface area (Å²) in [4.78, 5) is 0. The summed E-state index contributed by atoms with van der Waals surface area (Å²) in [7, 11) is 3.05. The fourth-order valence-electron chi connectivity index (χ4n) is 2.36. The van der Waals surface area contributed by atoms with Crippen molar-refractivity contribution in [2.75, 3.05) is 20.8 Å². The van der Waals surface area contributed by atoms with Crippen molar-refractivity contribution in [3.8, 4) is 5.75 Å². The summed E-state index contributed by atoms with van der Waals surface area (Å²) < 4.78 is 38.3. The second-order valence-corrected chi connectivity index (χ2v) is 4.32. The fraction of sp³-hybridized carbons (Fsp3) is 0.538. The molecule has 1 aliphatic heterocycles. The lowest BCUT2D eigenvalue weighted by molar-refractivity contribution is 0.0783. The molecular weight excluding hydrogens is 240 g/mol. The number of nitrogens with one attached hydrogen (secondary N) is 1. The third-order valence-corrected chi connectivity index (χ3v) is 3.25. The van der Waals surface area contributed by atoms with Gasteiger partial charge in [0.1, 0.15) is 17.4 Å². The van der Waals surface area contributed by atoms with E-state index in [1.165, 1.54) is 19.2 Å². The van der Waals surface area contributed by atoms with Gasteiger partial charge in [-0.2, -0.15) is 0 Å². The molecule has 1 N–H and O–H groups in total. The molecule has 1 aromatic carbocycles. The highest BCUT2D eigenvalue weighted by Gasteiger charge is 2.30. The smallest absolute Gasteiger partial charge is 0.134 e. The fourth-order valence-corrected chi connectivity index (χ4v) is 2.36. The molecule has 0 radical (unpaired) electrons. The highest BCUT2D eigenvalue weighted by molar-refractivity contribution is 5.33. The molecule has 18 heavy (non-hydrogen) atoms. The Morgan fingerprint density at radius 1 is 1.39 bits per heavy atom. The van der Waals surface area contributed by atoms with E-state index in [0.29, 0.717) is 6.61 Å². The maximum absolute atomic E-state index is 14.0. The molecule has 0 saturated carbocycles. The van der Waals surface area contributed by atoms with E-state index in [2.05, 4.69) is 5.32 Å². The van der Waals surface area contributed by atoms with Gasteiger partial charge in [0.15, 0.2) is 0 Å². The summed E-state index contributed by atoms with van der Waals surface area (Å²) in [5, 5.41) is 2.93. The quantitative estimate of drug-likeness (QED) is 0.898. The minimum absolute atomic E-state index is 0.0187. The van der Waals surface area contributed by atoms with Gasteiger partial charge in [-0.15, -0.1) is 0 Å². The maximum atomic E-state index is 14.0. The van der Waals surface area contributed by atoms with Crippen molar-refractivity contribution in [3.63, 3.8) is 0 Å². The monoisotopic (exact) mass is 257 g/mol. The normalized spacial score (nSPS) is 21.0. The molecule has 1 fully saturated rings. The van der Waals surface area contributed by atoms with E-state index >= 15 is 0 Å². The van der Waals surface area contributed by atoms with Crippen LogP contribution < -0.4 is 10.1 Å². The number of hydrogen-bond acceptors (Lipinski definition) is 3. The summed E-state index contributed by atoms with van der Waals surface area (Å²) in [5.74, 6) is -1.04. The topological polar surface area (TPSA) is 30.5 Å². The van der Waals surface area contributed by atoms with Crippen molar-refractivity contribution in [3.05, 3.63) is 29.3 Å². The van der Waals surface area contributed by atoms with E-state index in [-0.39, 0.29) is 17.4 Å². The summed E-state index contributed by atoms with van der Waals surface area (Å²) in [5.41, 5.74) is 0.0187. The Morgan fingerprint density at radius 3 is 2.50 bits per heavy atom. The van der Waals surface area contributed by atoms with Crippen molar-refractivity contribution in [2.45, 2.75) is 25.0 Å². The van der Waals surface area contributed by atoms with Crippen molar-refractivity contribution < 1.29 is 18.3 Å². The van der Waals surface area contributed by atoms with Gasteiger partial charge >= 0.3 is 0 Å². The molecule has 1 aliphatic rings. The zero-order valence-electron chi connectivity index (χ0n) is 10.5. The first-order valence-electron chi connectivity index (χ1n) is 5.99. The van der Waals surface area contributed by atoms with Crippen LogP contribution in [0.15, 0.2) is 12.1 Å². The Labute approximate surface area is 105 Å². The van der Waals surface area contributed by atoms with Crippen molar-refractivity contribution in [2.24, 2.45) is 0 Å². The second-order valence-electron chi connectivity index (χ2n) is 4.32. The van der Waals surface area contributed by atoms with E-state index in [1.807, 2.05) is 0 Å². The van der Waals surface area contributed by atoms with Crippen LogP contribution in [0.5, 0.6) is 5.75 Å². The minimum Gasteiger partial charge on any atom is -0.497 e. The molecule has 5 heteroatoms. The molecule has 0 amide bonds. The Bertz CT molecular complexity index is 396. The molecule has 1 aromatic rings. The zero-order valence-corrected chi connectivity index (χ0v) is 10.5. The van der Waals surface area contributed by atoms with Crippen LogP contribution >= 0.6 is 0 Å². The molecule has 3 nitrogen and oxygen atoms in total. The Balaban J connectivity index is 2.35. The molecular formula is C13H17F2NO2. The molecule has 2 atom stereocenters. The average Bonchev–Trinajstić information content (AvgIpc) is 2.86. The molecule has 1 saturated heterocycles. The predicted octanol–water partition coefficient (Wildman–Crippen LogP) is 2.41. The molecule has 2 rings (SSSR count). The first-order chi connectivity index (χ1) is 8.67. The first-order valence-corrected chi connectivity index (χ1v) is 5.99. The predicted molar refractivity (Wildman–Crippen MR) is 63.7 cm³/mol. The van der Waals surface area contributed by atoms with Crippen LogP contribution in [0.4, 0.5) is 8.78 Å². The summed E-state index contributed by atoms with van der Waals surface area (Å²) in [6.07, 6.45) is 1.53. The lowest BCUT2D eigenvalue weighted by atomic mass is 9.98. The number of rotatable bonds is 4. The lowest BCUT2D eigenvalue weighted by Crippen LogP contribution is -2.30. The van der Waals surface area contributed by atoms with E-state index in [4.69, 9.17) is 9.47 Å². The highest BCUT2D eigenvalue weighted by atomic mass is 19.1. The van der Waals surface area contributed by atoms with E-state index in [0.717, 1.165) is 12.8 Å². The van der Waals surface area contributed by atoms with Gasteiger partial charge in [-0.05, 0) is 19.9 Å². The lowest BCUT2D eigenvalue weighted by Gasteiger charge is -2.24. The molecule has 1 heterocycles. The van der Waals surface area contributed by atoms with Crippen molar-refractivity contribution in [1.82, 2.24) is 5.32 Å². The van der Waals surface area contributed by atoms with E-state index < -0.39 is 17.7 Å². The maximum Gasteiger partial charge on any atom is 0.134 e. The number of benzene rings is 1. The molecule has 0 aromatic heterocycles. The number of likely N-dealkylation sites (N-methyl/N-ethyl adjacent to an activating group) is 1.